The number of carbonyl (C=O) groups is 2. The van der Waals surface area contributed by atoms with Crippen molar-refractivity contribution < 1.29 is 14.3 Å². The highest BCUT2D eigenvalue weighted by Gasteiger charge is 2.27. The highest BCUT2D eigenvalue weighted by atomic mass is 16.5. The molecule has 0 radical (unpaired) electrons. The third kappa shape index (κ3) is 6.06. The number of amides is 1. The molecule has 1 fully saturated rings. The maximum absolute atomic E-state index is 12.6. The Kier molecular flexibility index (Phi) is 7.84. The number of rotatable bonds is 7. The molecule has 1 aromatic carbocycles. The second-order valence-electron chi connectivity index (χ2n) is 8.18. The molecule has 0 spiro atoms. The minimum Gasteiger partial charge on any atom is -0.469 e. The second kappa shape index (κ2) is 9.88. The Balaban J connectivity index is 1.91. The smallest absolute Gasteiger partial charge is 0.308 e. The highest BCUT2D eigenvalue weighted by molar-refractivity contribution is 5.78. The molecule has 1 aliphatic rings. The summed E-state index contributed by atoms with van der Waals surface area (Å²) in [7, 11) is 1.43. The van der Waals surface area contributed by atoms with Crippen molar-refractivity contribution in [3.63, 3.8) is 0 Å². The number of piperidine rings is 1. The topological polar surface area (TPSA) is 58.6 Å². The summed E-state index contributed by atoms with van der Waals surface area (Å²) in [5, 5.41) is 3.20. The van der Waals surface area contributed by atoms with Gasteiger partial charge in [-0.1, -0.05) is 52.0 Å². The van der Waals surface area contributed by atoms with E-state index in [2.05, 4.69) is 62.2 Å². The van der Waals surface area contributed by atoms with E-state index in [1.807, 2.05) is 0 Å². The number of methoxy groups -OCH3 is 1. The molecule has 0 unspecified atom stereocenters. The van der Waals surface area contributed by atoms with Crippen molar-refractivity contribution in [1.82, 2.24) is 10.2 Å². The molecule has 0 aromatic heterocycles. The molecular formula is C22H34N2O3. The van der Waals surface area contributed by atoms with Gasteiger partial charge in [-0.15, -0.1) is 0 Å². The van der Waals surface area contributed by atoms with Crippen molar-refractivity contribution in [3.05, 3.63) is 35.4 Å². The zero-order chi connectivity index (χ0) is 20.0. The lowest BCUT2D eigenvalue weighted by molar-refractivity contribution is -0.147. The summed E-state index contributed by atoms with van der Waals surface area (Å²) >= 11 is 0. The van der Waals surface area contributed by atoms with E-state index in [0.29, 0.717) is 18.4 Å². The lowest BCUT2D eigenvalue weighted by atomic mass is 9.93. The number of carbonyl (C=O) groups excluding carboxylic acids is 2. The van der Waals surface area contributed by atoms with Crippen molar-refractivity contribution >= 4 is 11.9 Å². The molecule has 2 rings (SSSR count). The lowest BCUT2D eigenvalue weighted by Gasteiger charge is -2.31. The van der Waals surface area contributed by atoms with E-state index < -0.39 is 0 Å². The van der Waals surface area contributed by atoms with Crippen LogP contribution in [-0.2, 0) is 14.3 Å². The Morgan fingerprint density at radius 1 is 1.07 bits per heavy atom. The molecule has 1 aliphatic heterocycles. The SMILES string of the molecule is COC(=O)C1CCN(CC(=O)N[C@H](c2ccc(C(C)C)cc2)C(C)C)CC1. The van der Waals surface area contributed by atoms with Gasteiger partial charge in [0.15, 0.2) is 0 Å². The molecule has 5 heteroatoms. The predicted octanol–water partition coefficient (Wildman–Crippen LogP) is 3.51. The molecule has 5 nitrogen and oxygen atoms in total. The molecule has 150 valence electrons. The highest BCUT2D eigenvalue weighted by Crippen LogP contribution is 2.24. The maximum Gasteiger partial charge on any atom is 0.308 e. The zero-order valence-electron chi connectivity index (χ0n) is 17.3. The van der Waals surface area contributed by atoms with E-state index in [4.69, 9.17) is 4.74 Å². The Morgan fingerprint density at radius 2 is 1.63 bits per heavy atom. The van der Waals surface area contributed by atoms with Crippen LogP contribution in [0.25, 0.3) is 0 Å². The van der Waals surface area contributed by atoms with E-state index in [1.165, 1.54) is 12.7 Å². The Bertz CT molecular complexity index is 617. The van der Waals surface area contributed by atoms with Crippen molar-refractivity contribution in [2.24, 2.45) is 11.8 Å². The molecule has 0 saturated carbocycles. The summed E-state index contributed by atoms with van der Waals surface area (Å²) in [6.07, 6.45) is 1.51. The third-order valence-corrected chi connectivity index (χ3v) is 5.43. The summed E-state index contributed by atoms with van der Waals surface area (Å²) in [6, 6.07) is 8.56. The molecule has 1 amide bonds. The van der Waals surface area contributed by atoms with Crippen molar-refractivity contribution in [2.75, 3.05) is 26.7 Å². The largest absolute Gasteiger partial charge is 0.469 e. The minimum absolute atomic E-state index is 0.00585. The Morgan fingerprint density at radius 3 is 2.11 bits per heavy atom. The summed E-state index contributed by atoms with van der Waals surface area (Å²) in [5.74, 6) is 0.683. The first-order valence-electron chi connectivity index (χ1n) is 10.0. The number of ether oxygens (including phenoxy) is 1. The maximum atomic E-state index is 12.6. The molecule has 0 bridgehead atoms. The van der Waals surface area contributed by atoms with Gasteiger partial charge in [-0.25, -0.2) is 0 Å². The number of hydrogen-bond acceptors (Lipinski definition) is 4. The monoisotopic (exact) mass is 374 g/mol. The molecule has 1 atom stereocenters. The molecule has 1 N–H and O–H groups in total. The van der Waals surface area contributed by atoms with Gasteiger partial charge in [-0.3, -0.25) is 14.5 Å². The van der Waals surface area contributed by atoms with Gasteiger partial charge in [0.1, 0.15) is 0 Å². The zero-order valence-corrected chi connectivity index (χ0v) is 17.3. The van der Waals surface area contributed by atoms with Gasteiger partial charge >= 0.3 is 5.97 Å². The summed E-state index contributed by atoms with van der Waals surface area (Å²) in [4.78, 5) is 26.3. The third-order valence-electron chi connectivity index (χ3n) is 5.43. The predicted molar refractivity (Wildman–Crippen MR) is 107 cm³/mol. The molecular weight excluding hydrogens is 340 g/mol. The van der Waals surface area contributed by atoms with Gasteiger partial charge < -0.3 is 10.1 Å². The number of nitrogens with zero attached hydrogens (tertiary/aromatic N) is 1. The van der Waals surface area contributed by atoms with E-state index in [-0.39, 0.29) is 23.8 Å². The fourth-order valence-electron chi connectivity index (χ4n) is 3.64. The first kappa shape index (κ1) is 21.4. The van der Waals surface area contributed by atoms with E-state index in [1.54, 1.807) is 0 Å². The van der Waals surface area contributed by atoms with Gasteiger partial charge in [0, 0.05) is 0 Å². The Hall–Kier alpha value is -1.88. The van der Waals surface area contributed by atoms with Gasteiger partial charge in [-0.2, -0.15) is 0 Å². The number of esters is 1. The molecule has 27 heavy (non-hydrogen) atoms. The Labute approximate surface area is 163 Å². The minimum atomic E-state index is -0.135. The van der Waals surface area contributed by atoms with Crippen LogP contribution < -0.4 is 5.32 Å². The fraction of sp³-hybridized carbons (Fsp3) is 0.636. The van der Waals surface area contributed by atoms with Crippen LogP contribution in [0, 0.1) is 11.8 Å². The number of nitrogens with one attached hydrogen (secondary N) is 1. The van der Waals surface area contributed by atoms with Crippen LogP contribution >= 0.6 is 0 Å². The quantitative estimate of drug-likeness (QED) is 0.742. The van der Waals surface area contributed by atoms with Crippen LogP contribution in [0.15, 0.2) is 24.3 Å². The van der Waals surface area contributed by atoms with Gasteiger partial charge in [0.2, 0.25) is 5.91 Å². The average Bonchev–Trinajstić information content (AvgIpc) is 2.66. The number of benzene rings is 1. The van der Waals surface area contributed by atoms with Crippen molar-refractivity contribution in [3.8, 4) is 0 Å². The molecule has 1 aromatic rings. The van der Waals surface area contributed by atoms with Crippen LogP contribution in [0.1, 0.15) is 63.6 Å². The molecule has 0 aliphatic carbocycles. The van der Waals surface area contributed by atoms with Crippen LogP contribution in [0.5, 0.6) is 0 Å². The first-order valence-corrected chi connectivity index (χ1v) is 10.0. The average molecular weight is 375 g/mol. The van der Waals surface area contributed by atoms with E-state index >= 15 is 0 Å². The van der Waals surface area contributed by atoms with Crippen molar-refractivity contribution in [2.45, 2.75) is 52.5 Å². The van der Waals surface area contributed by atoms with Crippen LogP contribution in [0.3, 0.4) is 0 Å². The number of hydrogen-bond donors (Lipinski definition) is 1. The van der Waals surface area contributed by atoms with Gasteiger partial charge in [0.25, 0.3) is 0 Å². The fourth-order valence-corrected chi connectivity index (χ4v) is 3.64. The van der Waals surface area contributed by atoms with Crippen LogP contribution in [-0.4, -0.2) is 43.5 Å². The van der Waals surface area contributed by atoms with Gasteiger partial charge in [0.05, 0.1) is 25.6 Å². The first-order chi connectivity index (χ1) is 12.8. The number of likely N-dealkylation sites (tertiary alicyclic amines) is 1. The molecule has 1 saturated heterocycles. The summed E-state index contributed by atoms with van der Waals surface area (Å²) < 4.78 is 4.82. The molecule has 1 heterocycles. The lowest BCUT2D eigenvalue weighted by Crippen LogP contribution is -2.44. The van der Waals surface area contributed by atoms with E-state index in [9.17, 15) is 9.59 Å². The van der Waals surface area contributed by atoms with E-state index in [0.717, 1.165) is 31.5 Å². The second-order valence-corrected chi connectivity index (χ2v) is 8.18. The van der Waals surface area contributed by atoms with Gasteiger partial charge in [-0.05, 0) is 48.9 Å². The van der Waals surface area contributed by atoms with Crippen LogP contribution in [0.4, 0.5) is 0 Å². The van der Waals surface area contributed by atoms with Crippen LogP contribution in [0.2, 0.25) is 0 Å². The van der Waals surface area contributed by atoms with Crippen molar-refractivity contribution in [1.29, 1.82) is 0 Å². The summed E-state index contributed by atoms with van der Waals surface area (Å²) in [5.41, 5.74) is 2.45. The summed E-state index contributed by atoms with van der Waals surface area (Å²) in [6.45, 7) is 10.5. The standard InChI is InChI=1S/C22H34N2O3/c1-15(2)17-6-8-18(9-7-17)21(16(3)4)23-20(25)14-24-12-10-19(11-13-24)22(26)27-5/h6-9,15-16,19,21H,10-14H2,1-5H3,(H,23,25)/t21-/m0/s1. The normalized spacial score (nSPS) is 17.1.